The van der Waals surface area contributed by atoms with Crippen molar-refractivity contribution in [3.63, 3.8) is 0 Å². The number of rotatable bonds is 8. The lowest BCUT2D eigenvalue weighted by Gasteiger charge is -2.28. The number of nitrogens with one attached hydrogen (secondary N) is 1. The van der Waals surface area contributed by atoms with E-state index in [-0.39, 0.29) is 23.6 Å². The van der Waals surface area contributed by atoms with Crippen LogP contribution in [0.4, 0.5) is 5.69 Å². The summed E-state index contributed by atoms with van der Waals surface area (Å²) in [6, 6.07) is 7.93. The molecule has 1 amide bonds. The third-order valence-corrected chi connectivity index (χ3v) is 7.74. The normalized spacial score (nSPS) is 22.3. The molecule has 0 aliphatic heterocycles. The molecule has 0 spiro atoms. The van der Waals surface area contributed by atoms with Crippen molar-refractivity contribution in [1.29, 1.82) is 0 Å². The molecule has 7 heteroatoms. The monoisotopic (exact) mass is 474 g/mol. The molecule has 3 aromatic rings. The number of anilines is 1. The summed E-state index contributed by atoms with van der Waals surface area (Å²) in [4.78, 5) is 26.2. The number of nitrogens with zero attached hydrogens (tertiary/aromatic N) is 3. The van der Waals surface area contributed by atoms with Crippen molar-refractivity contribution in [1.82, 2.24) is 14.3 Å². The van der Waals surface area contributed by atoms with Crippen LogP contribution in [0.5, 0.6) is 5.75 Å². The van der Waals surface area contributed by atoms with E-state index in [1.54, 1.807) is 16.8 Å². The van der Waals surface area contributed by atoms with E-state index in [2.05, 4.69) is 23.1 Å². The Kier molecular flexibility index (Phi) is 5.86. The van der Waals surface area contributed by atoms with Crippen LogP contribution in [0.25, 0.3) is 10.9 Å². The molecule has 1 N–H and O–H groups in total. The number of aromatic nitrogens is 3. The zero-order valence-electron chi connectivity index (χ0n) is 20.4. The smallest absolute Gasteiger partial charge is 0.274 e. The molecule has 3 aliphatic carbocycles. The SMILES string of the molecule is CCCC1CCC(n2cc3cc(C(=O)Nc4cccn(C5CC5)c4=O)c(OC4CC4)cc3n2)CC1. The van der Waals surface area contributed by atoms with Gasteiger partial charge in [-0.3, -0.25) is 14.3 Å². The fourth-order valence-electron chi connectivity index (χ4n) is 5.44. The summed E-state index contributed by atoms with van der Waals surface area (Å²) in [6.45, 7) is 2.27. The van der Waals surface area contributed by atoms with Gasteiger partial charge in [-0.2, -0.15) is 5.10 Å². The van der Waals surface area contributed by atoms with Gasteiger partial charge in [0.1, 0.15) is 11.4 Å². The van der Waals surface area contributed by atoms with Gasteiger partial charge in [-0.25, -0.2) is 0 Å². The minimum absolute atomic E-state index is 0.152. The first kappa shape index (κ1) is 22.4. The average Bonchev–Trinajstić information content (AvgIpc) is 3.79. The van der Waals surface area contributed by atoms with Crippen LogP contribution in [-0.4, -0.2) is 26.4 Å². The molecule has 3 fully saturated rings. The molecule has 3 aliphatic rings. The highest BCUT2D eigenvalue weighted by Gasteiger charge is 2.29. The highest BCUT2D eigenvalue weighted by Crippen LogP contribution is 2.37. The predicted molar refractivity (Wildman–Crippen MR) is 136 cm³/mol. The Morgan fingerprint density at radius 1 is 1.09 bits per heavy atom. The lowest BCUT2D eigenvalue weighted by Crippen LogP contribution is -2.25. The van der Waals surface area contributed by atoms with Gasteiger partial charge in [0, 0.05) is 29.9 Å². The molecule has 35 heavy (non-hydrogen) atoms. The third kappa shape index (κ3) is 4.73. The summed E-state index contributed by atoms with van der Waals surface area (Å²) in [5, 5.41) is 8.67. The molecule has 0 bridgehead atoms. The van der Waals surface area contributed by atoms with Crippen LogP contribution in [0.2, 0.25) is 0 Å². The standard InChI is InChI=1S/C28H34N4O3/c1-2-4-18-6-8-21(9-7-18)32-17-19-15-23(26(16-25(19)30-32)35-22-12-13-22)27(33)29-24-5-3-14-31(28(24)34)20-10-11-20/h3,5,14-18,20-22H,2,4,6-13H2,1H3,(H,29,33). The van der Waals surface area contributed by atoms with Crippen molar-refractivity contribution in [2.45, 2.75) is 89.3 Å². The lowest BCUT2D eigenvalue weighted by molar-refractivity contribution is 0.102. The molecule has 7 nitrogen and oxygen atoms in total. The lowest BCUT2D eigenvalue weighted by atomic mass is 9.83. The van der Waals surface area contributed by atoms with E-state index in [9.17, 15) is 9.59 Å². The van der Waals surface area contributed by atoms with Crippen molar-refractivity contribution >= 4 is 22.5 Å². The number of ether oxygens (including phenoxy) is 1. The summed E-state index contributed by atoms with van der Waals surface area (Å²) < 4.78 is 9.95. The van der Waals surface area contributed by atoms with Gasteiger partial charge >= 0.3 is 0 Å². The minimum Gasteiger partial charge on any atom is -0.490 e. The maximum atomic E-state index is 13.4. The molecule has 0 unspecified atom stereocenters. The minimum atomic E-state index is -0.318. The topological polar surface area (TPSA) is 78.2 Å². The molecule has 0 radical (unpaired) electrons. The van der Waals surface area contributed by atoms with Gasteiger partial charge in [0.15, 0.2) is 0 Å². The molecule has 6 rings (SSSR count). The highest BCUT2D eigenvalue weighted by molar-refractivity contribution is 6.08. The van der Waals surface area contributed by atoms with Crippen molar-refractivity contribution < 1.29 is 9.53 Å². The first-order valence-corrected chi connectivity index (χ1v) is 13.3. The van der Waals surface area contributed by atoms with Gasteiger partial charge in [0.25, 0.3) is 11.5 Å². The zero-order chi connectivity index (χ0) is 23.9. The number of hydrogen-bond donors (Lipinski definition) is 1. The van der Waals surface area contributed by atoms with Gasteiger partial charge in [-0.05, 0) is 75.5 Å². The van der Waals surface area contributed by atoms with E-state index in [1.165, 1.54) is 25.7 Å². The van der Waals surface area contributed by atoms with Crippen LogP contribution in [0.1, 0.15) is 93.6 Å². The van der Waals surface area contributed by atoms with Gasteiger partial charge in [0.05, 0.1) is 23.2 Å². The quantitative estimate of drug-likeness (QED) is 0.444. The number of benzene rings is 1. The summed E-state index contributed by atoms with van der Waals surface area (Å²) in [5.41, 5.74) is 1.46. The second-order valence-corrected chi connectivity index (χ2v) is 10.6. The second kappa shape index (κ2) is 9.17. The summed E-state index contributed by atoms with van der Waals surface area (Å²) >= 11 is 0. The Morgan fingerprint density at radius 2 is 1.86 bits per heavy atom. The summed E-state index contributed by atoms with van der Waals surface area (Å²) in [5.74, 6) is 1.08. The highest BCUT2D eigenvalue weighted by atomic mass is 16.5. The third-order valence-electron chi connectivity index (χ3n) is 7.74. The van der Waals surface area contributed by atoms with Gasteiger partial charge in [0.2, 0.25) is 0 Å². The maximum Gasteiger partial charge on any atom is 0.274 e. The molecular weight excluding hydrogens is 440 g/mol. The van der Waals surface area contributed by atoms with E-state index in [0.29, 0.717) is 23.0 Å². The van der Waals surface area contributed by atoms with Crippen LogP contribution in [0.3, 0.4) is 0 Å². The van der Waals surface area contributed by atoms with Crippen molar-refractivity contribution in [2.75, 3.05) is 5.32 Å². The Bertz CT molecular complexity index is 1290. The van der Waals surface area contributed by atoms with E-state index in [0.717, 1.165) is 55.3 Å². The largest absolute Gasteiger partial charge is 0.490 e. The van der Waals surface area contributed by atoms with Crippen LogP contribution in [0.15, 0.2) is 41.5 Å². The Balaban J connectivity index is 1.27. The van der Waals surface area contributed by atoms with Crippen molar-refractivity contribution in [3.8, 4) is 5.75 Å². The van der Waals surface area contributed by atoms with E-state index >= 15 is 0 Å². The molecule has 1 aromatic carbocycles. The van der Waals surface area contributed by atoms with E-state index < -0.39 is 0 Å². The molecule has 2 aromatic heterocycles. The molecule has 2 heterocycles. The first-order chi connectivity index (χ1) is 17.1. The van der Waals surface area contributed by atoms with Gasteiger partial charge < -0.3 is 14.6 Å². The average molecular weight is 475 g/mol. The van der Waals surface area contributed by atoms with Gasteiger partial charge in [-0.15, -0.1) is 0 Å². The second-order valence-electron chi connectivity index (χ2n) is 10.6. The fraction of sp³-hybridized carbons (Fsp3) is 0.536. The molecule has 184 valence electrons. The van der Waals surface area contributed by atoms with Crippen LogP contribution in [-0.2, 0) is 0 Å². The van der Waals surface area contributed by atoms with Crippen LogP contribution < -0.4 is 15.6 Å². The van der Waals surface area contributed by atoms with Crippen molar-refractivity contribution in [2.24, 2.45) is 5.92 Å². The number of amides is 1. The number of hydrogen-bond acceptors (Lipinski definition) is 4. The predicted octanol–water partition coefficient (Wildman–Crippen LogP) is 5.86. The Labute approximate surface area is 205 Å². The molecule has 0 atom stereocenters. The van der Waals surface area contributed by atoms with Crippen molar-refractivity contribution in [3.05, 3.63) is 52.6 Å². The fourth-order valence-corrected chi connectivity index (χ4v) is 5.44. The van der Waals surface area contributed by atoms with Crippen LogP contribution in [0, 0.1) is 5.92 Å². The number of pyridine rings is 1. The van der Waals surface area contributed by atoms with E-state index in [4.69, 9.17) is 9.84 Å². The number of carbonyl (C=O) groups is 1. The molecule has 3 saturated carbocycles. The number of fused-ring (bicyclic) bond motifs is 1. The summed E-state index contributed by atoms with van der Waals surface area (Å²) in [6.07, 6.45) is 15.4. The van der Waals surface area contributed by atoms with E-state index in [1.807, 2.05) is 18.2 Å². The number of carbonyl (C=O) groups excluding carboxylic acids is 1. The van der Waals surface area contributed by atoms with Gasteiger partial charge in [-0.1, -0.05) is 19.8 Å². The molecule has 0 saturated heterocycles. The maximum absolute atomic E-state index is 13.4. The summed E-state index contributed by atoms with van der Waals surface area (Å²) in [7, 11) is 0. The van der Waals surface area contributed by atoms with Crippen LogP contribution >= 0.6 is 0 Å². The Hall–Kier alpha value is -3.09. The Morgan fingerprint density at radius 3 is 2.57 bits per heavy atom. The zero-order valence-corrected chi connectivity index (χ0v) is 20.4. The molecular formula is C28H34N4O3. The first-order valence-electron chi connectivity index (χ1n) is 13.3.